The Morgan fingerprint density at radius 3 is 3.30 bits per heavy atom. The summed E-state index contributed by atoms with van der Waals surface area (Å²) < 4.78 is 5.00. The van der Waals surface area contributed by atoms with Gasteiger partial charge in [0.2, 0.25) is 0 Å². The molecule has 2 rings (SSSR count). The molecular formula is C7H9NO2. The van der Waals surface area contributed by atoms with Crippen molar-refractivity contribution in [2.75, 3.05) is 6.54 Å². The van der Waals surface area contributed by atoms with Crippen molar-refractivity contribution in [1.29, 1.82) is 0 Å². The van der Waals surface area contributed by atoms with E-state index < -0.39 is 0 Å². The molecule has 0 spiro atoms. The summed E-state index contributed by atoms with van der Waals surface area (Å²) in [6, 6.07) is 0. The number of ether oxygens (including phenoxy) is 1. The molecule has 0 aromatic heterocycles. The molecule has 10 heavy (non-hydrogen) atoms. The zero-order valence-electron chi connectivity index (χ0n) is 5.67. The molecule has 0 saturated carbocycles. The molecule has 0 aliphatic carbocycles. The van der Waals surface area contributed by atoms with E-state index in [2.05, 4.69) is 4.99 Å². The smallest absolute Gasteiger partial charge is 0.312 e. The quantitative estimate of drug-likeness (QED) is 0.459. The van der Waals surface area contributed by atoms with Crippen molar-refractivity contribution in [3.05, 3.63) is 0 Å². The predicted molar refractivity (Wildman–Crippen MR) is 36.0 cm³/mol. The minimum Gasteiger partial charge on any atom is -0.456 e. The monoisotopic (exact) mass is 139 g/mol. The summed E-state index contributed by atoms with van der Waals surface area (Å²) in [5, 5.41) is 0. The first kappa shape index (κ1) is 5.89. The highest BCUT2D eigenvalue weighted by molar-refractivity contribution is 6.06. The van der Waals surface area contributed by atoms with Crippen LogP contribution < -0.4 is 0 Å². The first-order valence-electron chi connectivity index (χ1n) is 3.59. The molecule has 0 bridgehead atoms. The first-order chi connectivity index (χ1) is 4.86. The number of carbonyl (C=O) groups excluding carboxylic acids is 1. The highest BCUT2D eigenvalue weighted by atomic mass is 16.5. The van der Waals surface area contributed by atoms with Gasteiger partial charge in [0.25, 0.3) is 0 Å². The van der Waals surface area contributed by atoms with Gasteiger partial charge in [0.1, 0.15) is 6.10 Å². The van der Waals surface area contributed by atoms with Crippen LogP contribution in [0.3, 0.4) is 0 Å². The number of esters is 1. The lowest BCUT2D eigenvalue weighted by Gasteiger charge is -2.13. The van der Waals surface area contributed by atoms with Gasteiger partial charge in [-0.1, -0.05) is 0 Å². The summed E-state index contributed by atoms with van der Waals surface area (Å²) >= 11 is 0. The van der Waals surface area contributed by atoms with Crippen molar-refractivity contribution in [2.45, 2.75) is 25.4 Å². The van der Waals surface area contributed by atoms with Crippen molar-refractivity contribution in [3.63, 3.8) is 0 Å². The van der Waals surface area contributed by atoms with E-state index >= 15 is 0 Å². The van der Waals surface area contributed by atoms with E-state index in [4.69, 9.17) is 4.74 Å². The minimum atomic E-state index is -0.106. The minimum absolute atomic E-state index is 0.0428. The molecule has 2 aliphatic rings. The summed E-state index contributed by atoms with van der Waals surface area (Å²) in [4.78, 5) is 14.9. The number of hydrogen-bond acceptors (Lipinski definition) is 3. The van der Waals surface area contributed by atoms with Gasteiger partial charge in [-0.2, -0.15) is 0 Å². The number of carbonyl (C=O) groups is 1. The van der Waals surface area contributed by atoms with Crippen LogP contribution in [0.5, 0.6) is 0 Å². The molecule has 3 heteroatoms. The summed E-state index contributed by atoms with van der Waals surface area (Å²) in [5.41, 5.74) is 0.969. The predicted octanol–water partition coefficient (Wildman–Crippen LogP) is 0.537. The summed E-state index contributed by atoms with van der Waals surface area (Å²) in [6.07, 6.45) is 2.51. The molecule has 1 atom stereocenters. The Bertz CT molecular complexity index is 198. The molecule has 0 aromatic carbocycles. The van der Waals surface area contributed by atoms with Gasteiger partial charge in [-0.15, -0.1) is 0 Å². The van der Waals surface area contributed by atoms with Crippen molar-refractivity contribution in [2.24, 2.45) is 4.99 Å². The lowest BCUT2D eigenvalue weighted by molar-refractivity contribution is -0.141. The number of nitrogens with zero attached hydrogens (tertiary/aromatic N) is 1. The van der Waals surface area contributed by atoms with E-state index in [1.807, 2.05) is 0 Å². The van der Waals surface area contributed by atoms with E-state index in [1.165, 1.54) is 0 Å². The third-order valence-electron chi connectivity index (χ3n) is 1.91. The Hall–Kier alpha value is -0.860. The van der Waals surface area contributed by atoms with Gasteiger partial charge in [0, 0.05) is 6.54 Å². The zero-order valence-corrected chi connectivity index (χ0v) is 5.67. The maximum Gasteiger partial charge on any atom is 0.312 e. The average molecular weight is 139 g/mol. The number of aliphatic imine (C=N–C) groups is 1. The van der Waals surface area contributed by atoms with Crippen LogP contribution in [0.4, 0.5) is 0 Å². The Morgan fingerprint density at radius 1 is 1.60 bits per heavy atom. The van der Waals surface area contributed by atoms with Gasteiger partial charge < -0.3 is 4.74 Å². The molecule has 0 aromatic rings. The van der Waals surface area contributed by atoms with Gasteiger partial charge in [-0.05, 0) is 12.8 Å². The summed E-state index contributed by atoms with van der Waals surface area (Å²) in [6.45, 7) is 0.877. The first-order valence-corrected chi connectivity index (χ1v) is 3.59. The second-order valence-corrected chi connectivity index (χ2v) is 2.67. The summed E-state index contributed by atoms with van der Waals surface area (Å²) in [5.74, 6) is -0.106. The highest BCUT2D eigenvalue weighted by Crippen LogP contribution is 2.20. The maximum atomic E-state index is 10.7. The summed E-state index contributed by atoms with van der Waals surface area (Å²) in [7, 11) is 0. The van der Waals surface area contributed by atoms with E-state index in [0.29, 0.717) is 6.42 Å². The van der Waals surface area contributed by atoms with Gasteiger partial charge in [-0.25, -0.2) is 0 Å². The molecule has 0 radical (unpaired) electrons. The Kier molecular flexibility index (Phi) is 1.22. The van der Waals surface area contributed by atoms with Crippen LogP contribution in [-0.2, 0) is 9.53 Å². The Morgan fingerprint density at radius 2 is 2.50 bits per heavy atom. The average Bonchev–Trinajstić information content (AvgIpc) is 2.27. The normalized spacial score (nSPS) is 31.0. The van der Waals surface area contributed by atoms with E-state index in [1.54, 1.807) is 0 Å². The van der Waals surface area contributed by atoms with Gasteiger partial charge in [0.05, 0.1) is 12.1 Å². The van der Waals surface area contributed by atoms with Crippen molar-refractivity contribution in [3.8, 4) is 0 Å². The Balaban J connectivity index is 2.20. The number of rotatable bonds is 0. The van der Waals surface area contributed by atoms with Crippen LogP contribution in [0, 0.1) is 0 Å². The third-order valence-corrected chi connectivity index (χ3v) is 1.91. The molecule has 1 fully saturated rings. The standard InChI is InChI=1S/C7H9NO2/c9-7-4-5-6(10-7)2-1-3-8-5/h6H,1-4H2. The van der Waals surface area contributed by atoms with Crippen molar-refractivity contribution in [1.82, 2.24) is 0 Å². The zero-order chi connectivity index (χ0) is 6.97. The third kappa shape index (κ3) is 0.818. The van der Waals surface area contributed by atoms with E-state index in [0.717, 1.165) is 25.1 Å². The van der Waals surface area contributed by atoms with Gasteiger partial charge >= 0.3 is 5.97 Å². The molecule has 2 aliphatic heterocycles. The van der Waals surface area contributed by atoms with E-state index in [9.17, 15) is 4.79 Å². The van der Waals surface area contributed by atoms with Crippen LogP contribution in [-0.4, -0.2) is 24.3 Å². The maximum absolute atomic E-state index is 10.7. The van der Waals surface area contributed by atoms with Crippen LogP contribution in [0.25, 0.3) is 0 Å². The fourth-order valence-electron chi connectivity index (χ4n) is 1.41. The number of hydrogen-bond donors (Lipinski definition) is 0. The molecule has 1 saturated heterocycles. The van der Waals surface area contributed by atoms with Crippen LogP contribution in [0.15, 0.2) is 4.99 Å². The van der Waals surface area contributed by atoms with Crippen LogP contribution in [0.1, 0.15) is 19.3 Å². The fraction of sp³-hybridized carbons (Fsp3) is 0.714. The lowest BCUT2D eigenvalue weighted by atomic mass is 10.1. The molecule has 2 heterocycles. The van der Waals surface area contributed by atoms with Gasteiger partial charge in [0.15, 0.2) is 0 Å². The second-order valence-electron chi connectivity index (χ2n) is 2.67. The SMILES string of the molecule is O=C1CC2=NCCCC2O1. The number of fused-ring (bicyclic) bond motifs is 1. The fourth-order valence-corrected chi connectivity index (χ4v) is 1.41. The second kappa shape index (κ2) is 2.08. The molecule has 54 valence electrons. The molecule has 3 nitrogen and oxygen atoms in total. The molecule has 0 N–H and O–H groups in total. The van der Waals surface area contributed by atoms with E-state index in [-0.39, 0.29) is 12.1 Å². The molecule has 0 amide bonds. The van der Waals surface area contributed by atoms with Gasteiger partial charge in [-0.3, -0.25) is 9.79 Å². The Labute approximate surface area is 59.1 Å². The largest absolute Gasteiger partial charge is 0.456 e. The van der Waals surface area contributed by atoms with Crippen LogP contribution >= 0.6 is 0 Å². The lowest BCUT2D eigenvalue weighted by Crippen LogP contribution is -2.20. The highest BCUT2D eigenvalue weighted by Gasteiger charge is 2.31. The van der Waals surface area contributed by atoms with Crippen molar-refractivity contribution >= 4 is 11.7 Å². The van der Waals surface area contributed by atoms with Crippen molar-refractivity contribution < 1.29 is 9.53 Å². The van der Waals surface area contributed by atoms with Crippen LogP contribution in [0.2, 0.25) is 0 Å². The topological polar surface area (TPSA) is 38.7 Å². The molecule has 1 unspecified atom stereocenters. The molecular weight excluding hydrogens is 130 g/mol.